The Balaban J connectivity index is 1.34. The van der Waals surface area contributed by atoms with Gasteiger partial charge in [-0.25, -0.2) is 23.5 Å². The number of ether oxygens (including phenoxy) is 2. The van der Waals surface area contributed by atoms with Gasteiger partial charge in [0.25, 0.3) is 6.43 Å². The lowest BCUT2D eigenvalue weighted by Gasteiger charge is -2.37. The maximum atomic E-state index is 13.1. The van der Waals surface area contributed by atoms with Crippen LogP contribution >= 0.6 is 0 Å². The molecular formula is C34H43F2N5O5. The number of ketones is 1. The van der Waals surface area contributed by atoms with E-state index in [1.807, 2.05) is 19.1 Å². The van der Waals surface area contributed by atoms with Gasteiger partial charge in [0, 0.05) is 56.6 Å². The number of anilines is 2. The maximum absolute atomic E-state index is 13.1. The molecule has 3 aromatic heterocycles. The summed E-state index contributed by atoms with van der Waals surface area (Å²) < 4.78 is 36.6. The second-order valence-electron chi connectivity index (χ2n) is 12.2. The van der Waals surface area contributed by atoms with Crippen molar-refractivity contribution in [1.29, 1.82) is 0 Å². The Morgan fingerprint density at radius 3 is 2.50 bits per heavy atom. The van der Waals surface area contributed by atoms with Crippen LogP contribution in [0.1, 0.15) is 69.2 Å². The van der Waals surface area contributed by atoms with Crippen molar-refractivity contribution in [2.24, 2.45) is 11.8 Å². The largest absolute Gasteiger partial charge is 0.446 e. The van der Waals surface area contributed by atoms with Gasteiger partial charge in [-0.2, -0.15) is 0 Å². The van der Waals surface area contributed by atoms with Gasteiger partial charge in [0.1, 0.15) is 29.1 Å². The Bertz CT molecular complexity index is 1480. The molecule has 2 atom stereocenters. The number of amides is 1. The molecule has 1 saturated carbocycles. The molecule has 3 aromatic rings. The first kappa shape index (κ1) is 34.8. The van der Waals surface area contributed by atoms with Crippen LogP contribution in [-0.2, 0) is 19.9 Å². The van der Waals surface area contributed by atoms with E-state index >= 15 is 0 Å². The van der Waals surface area contributed by atoms with Crippen LogP contribution in [0, 0.1) is 18.8 Å². The average Bonchev–Trinajstić information content (AvgIpc) is 3.03. The minimum atomic E-state index is -2.60. The first-order valence-corrected chi connectivity index (χ1v) is 15.5. The number of nitrogens with one attached hydrogen (secondary N) is 1. The lowest BCUT2D eigenvalue weighted by molar-refractivity contribution is -0.127. The van der Waals surface area contributed by atoms with Crippen molar-refractivity contribution in [3.05, 3.63) is 65.6 Å². The van der Waals surface area contributed by atoms with E-state index in [9.17, 15) is 23.5 Å². The predicted octanol–water partition coefficient (Wildman–Crippen LogP) is 6.60. The van der Waals surface area contributed by atoms with E-state index in [-0.39, 0.29) is 35.4 Å². The van der Waals surface area contributed by atoms with E-state index in [0.717, 1.165) is 11.1 Å². The molecule has 1 aliphatic rings. The molecule has 2 N–H and O–H groups in total. The summed E-state index contributed by atoms with van der Waals surface area (Å²) in [6.45, 7) is 6.19. The number of likely N-dealkylation sites (N-methyl/N-ethyl adjacent to an activating group) is 1. The number of halogens is 2. The first-order valence-electron chi connectivity index (χ1n) is 15.5. The van der Waals surface area contributed by atoms with Crippen molar-refractivity contribution in [1.82, 2.24) is 19.9 Å². The van der Waals surface area contributed by atoms with Crippen LogP contribution in [0.2, 0.25) is 0 Å². The van der Waals surface area contributed by atoms with E-state index in [1.54, 1.807) is 46.3 Å². The molecule has 0 spiro atoms. The number of methoxy groups -OCH3 is 1. The van der Waals surface area contributed by atoms with E-state index in [1.165, 1.54) is 23.2 Å². The molecule has 248 valence electrons. The summed E-state index contributed by atoms with van der Waals surface area (Å²) >= 11 is 0. The molecule has 0 bridgehead atoms. The van der Waals surface area contributed by atoms with Gasteiger partial charge in [-0.05, 0) is 94.3 Å². The van der Waals surface area contributed by atoms with Crippen LogP contribution in [0.5, 0.6) is 0 Å². The summed E-state index contributed by atoms with van der Waals surface area (Å²) in [5, 5.41) is 14.6. The Labute approximate surface area is 268 Å². The summed E-state index contributed by atoms with van der Waals surface area (Å²) in [5.41, 5.74) is 1.47. The van der Waals surface area contributed by atoms with Gasteiger partial charge < -0.3 is 24.8 Å². The number of Topliss-reactive ketones (excluding diaryl/α,β-unsaturated/α-hetero) is 1. The number of pyridine rings is 3. The van der Waals surface area contributed by atoms with Crippen LogP contribution in [0.25, 0.3) is 11.3 Å². The van der Waals surface area contributed by atoms with Crippen molar-refractivity contribution < 1.29 is 33.0 Å². The number of carbonyl (C=O) groups excluding carboxylic acids is 2. The Hall–Kier alpha value is -4.03. The SMILES string of the molecule is COCCN(C)C(=O)OC(C)CC(=O)C1CCC([C@@](C)(O)c2ccc(-c3cc(C)cc(Nc4cc(C(F)F)ccn4)n3)cn2)CC1. The molecule has 3 heterocycles. The quantitative estimate of drug-likeness (QED) is 0.213. The van der Waals surface area contributed by atoms with Crippen LogP contribution < -0.4 is 5.32 Å². The van der Waals surface area contributed by atoms with E-state index < -0.39 is 24.2 Å². The number of aryl methyl sites for hydroxylation is 1. The van der Waals surface area contributed by atoms with Gasteiger partial charge >= 0.3 is 6.09 Å². The number of aromatic nitrogens is 3. The second kappa shape index (κ2) is 15.5. The average molecular weight is 640 g/mol. The third-order valence-corrected chi connectivity index (χ3v) is 8.55. The highest BCUT2D eigenvalue weighted by molar-refractivity contribution is 5.82. The molecule has 0 saturated heterocycles. The fourth-order valence-electron chi connectivity index (χ4n) is 5.77. The van der Waals surface area contributed by atoms with Gasteiger partial charge in [-0.15, -0.1) is 0 Å². The van der Waals surface area contributed by atoms with Crippen LogP contribution in [0.3, 0.4) is 0 Å². The number of rotatable bonds is 13. The van der Waals surface area contributed by atoms with Crippen molar-refractivity contribution in [3.63, 3.8) is 0 Å². The van der Waals surface area contributed by atoms with Crippen LogP contribution in [0.4, 0.5) is 25.2 Å². The Morgan fingerprint density at radius 2 is 1.85 bits per heavy atom. The van der Waals surface area contributed by atoms with E-state index in [0.29, 0.717) is 56.0 Å². The molecular weight excluding hydrogens is 596 g/mol. The van der Waals surface area contributed by atoms with Crippen LogP contribution in [0.15, 0.2) is 48.8 Å². The third kappa shape index (κ3) is 9.03. The standard InChI is InChI=1S/C34H43F2N5O5/c1-21-16-27(39-31(17-21)40-30-19-24(32(35)36)12-13-37-30)25-8-11-29(38-20-25)34(3,44)26-9-6-23(7-10-26)28(42)18-22(2)46-33(43)41(4)14-15-45-5/h8,11-13,16-17,19-20,22-23,26,32,44H,6-7,9-10,14-15,18H2,1-5H3,(H,37,39,40)/t22?,23?,26?,34-/m1/s1. The molecule has 1 unspecified atom stereocenters. The van der Waals surface area contributed by atoms with E-state index in [2.05, 4.69) is 20.3 Å². The molecule has 46 heavy (non-hydrogen) atoms. The minimum Gasteiger partial charge on any atom is -0.446 e. The van der Waals surface area contributed by atoms with Crippen molar-refractivity contribution in [2.45, 2.75) is 71.0 Å². The molecule has 1 aliphatic carbocycles. The normalized spacial score (nSPS) is 18.5. The molecule has 0 aliphatic heterocycles. The summed E-state index contributed by atoms with van der Waals surface area (Å²) in [6.07, 6.45) is 2.13. The zero-order valence-corrected chi connectivity index (χ0v) is 27.0. The number of alkyl halides is 2. The fourth-order valence-corrected chi connectivity index (χ4v) is 5.77. The Kier molecular flexibility index (Phi) is 11.7. The topological polar surface area (TPSA) is 127 Å². The van der Waals surface area contributed by atoms with Gasteiger partial charge in [0.05, 0.1) is 18.0 Å². The van der Waals surface area contributed by atoms with Crippen molar-refractivity contribution >= 4 is 23.5 Å². The summed E-state index contributed by atoms with van der Waals surface area (Å²) in [7, 11) is 3.18. The summed E-state index contributed by atoms with van der Waals surface area (Å²) in [5.74, 6) is 0.569. The zero-order chi connectivity index (χ0) is 33.4. The highest BCUT2D eigenvalue weighted by atomic mass is 19.3. The predicted molar refractivity (Wildman–Crippen MR) is 170 cm³/mol. The number of carbonyl (C=O) groups is 2. The van der Waals surface area contributed by atoms with Gasteiger partial charge in [-0.1, -0.05) is 0 Å². The minimum absolute atomic E-state index is 0.0671. The summed E-state index contributed by atoms with van der Waals surface area (Å²) in [6, 6.07) is 9.89. The highest BCUT2D eigenvalue weighted by Crippen LogP contribution is 2.41. The molecule has 0 radical (unpaired) electrons. The number of hydrogen-bond donors (Lipinski definition) is 2. The third-order valence-electron chi connectivity index (χ3n) is 8.55. The Morgan fingerprint density at radius 1 is 1.11 bits per heavy atom. The van der Waals surface area contributed by atoms with Crippen molar-refractivity contribution in [3.8, 4) is 11.3 Å². The van der Waals surface area contributed by atoms with Gasteiger partial charge in [-0.3, -0.25) is 9.78 Å². The number of aliphatic hydroxyl groups is 1. The van der Waals surface area contributed by atoms with E-state index in [4.69, 9.17) is 9.47 Å². The lowest BCUT2D eigenvalue weighted by Crippen LogP contribution is -2.37. The summed E-state index contributed by atoms with van der Waals surface area (Å²) in [4.78, 5) is 39.9. The van der Waals surface area contributed by atoms with Crippen molar-refractivity contribution in [2.75, 3.05) is 32.6 Å². The molecule has 4 rings (SSSR count). The fraction of sp³-hybridized carbons (Fsp3) is 0.500. The molecule has 1 amide bonds. The highest BCUT2D eigenvalue weighted by Gasteiger charge is 2.39. The maximum Gasteiger partial charge on any atom is 0.409 e. The zero-order valence-electron chi connectivity index (χ0n) is 27.0. The number of hydrogen-bond acceptors (Lipinski definition) is 9. The number of nitrogens with zero attached hydrogens (tertiary/aromatic N) is 4. The molecule has 12 heteroatoms. The molecule has 1 fully saturated rings. The monoisotopic (exact) mass is 639 g/mol. The second-order valence-corrected chi connectivity index (χ2v) is 12.2. The first-order chi connectivity index (χ1) is 21.9. The van der Waals surface area contributed by atoms with Crippen LogP contribution in [-0.4, -0.2) is 70.2 Å². The lowest BCUT2D eigenvalue weighted by atomic mass is 9.71. The van der Waals surface area contributed by atoms with Gasteiger partial charge in [0.2, 0.25) is 0 Å². The smallest absolute Gasteiger partial charge is 0.409 e. The molecule has 10 nitrogen and oxygen atoms in total. The molecule has 0 aromatic carbocycles. The van der Waals surface area contributed by atoms with Gasteiger partial charge in [0.15, 0.2) is 0 Å².